The summed E-state index contributed by atoms with van der Waals surface area (Å²) >= 11 is 1.11. The van der Waals surface area contributed by atoms with E-state index in [9.17, 15) is 13.2 Å². The summed E-state index contributed by atoms with van der Waals surface area (Å²) in [6.07, 6.45) is 1.84. The largest absolute Gasteiger partial charge is 0.434 e. The van der Waals surface area contributed by atoms with E-state index in [1.807, 2.05) is 0 Å². The maximum atomic E-state index is 12.7. The van der Waals surface area contributed by atoms with E-state index in [2.05, 4.69) is 9.88 Å². The Labute approximate surface area is 131 Å². The van der Waals surface area contributed by atoms with Gasteiger partial charge in [-0.3, -0.25) is 4.90 Å². The molecule has 1 spiro atoms. The lowest BCUT2D eigenvalue weighted by molar-refractivity contribution is -0.176. The molecule has 22 heavy (non-hydrogen) atoms. The third-order valence-electron chi connectivity index (χ3n) is 5.39. The van der Waals surface area contributed by atoms with E-state index in [0.29, 0.717) is 23.0 Å². The lowest BCUT2D eigenvalue weighted by Crippen LogP contribution is -2.70. The molecule has 0 N–H and O–H groups in total. The van der Waals surface area contributed by atoms with Gasteiger partial charge in [-0.25, -0.2) is 4.98 Å². The van der Waals surface area contributed by atoms with E-state index in [0.717, 1.165) is 42.7 Å². The molecule has 2 aliphatic heterocycles. The van der Waals surface area contributed by atoms with Gasteiger partial charge in [0.2, 0.25) is 0 Å². The fraction of sp³-hybridized carbons (Fsp3) is 0.800. The van der Waals surface area contributed by atoms with E-state index >= 15 is 0 Å². The van der Waals surface area contributed by atoms with E-state index in [4.69, 9.17) is 4.74 Å². The van der Waals surface area contributed by atoms with Crippen LogP contribution in [0.5, 0.6) is 0 Å². The van der Waals surface area contributed by atoms with Crippen molar-refractivity contribution in [1.29, 1.82) is 0 Å². The van der Waals surface area contributed by atoms with Crippen LogP contribution >= 0.6 is 11.3 Å². The van der Waals surface area contributed by atoms with Crippen LogP contribution in [0.2, 0.25) is 0 Å². The van der Waals surface area contributed by atoms with Crippen LogP contribution in [-0.4, -0.2) is 35.2 Å². The van der Waals surface area contributed by atoms with Crippen molar-refractivity contribution < 1.29 is 17.9 Å². The number of hydrogen-bond acceptors (Lipinski definition) is 4. The van der Waals surface area contributed by atoms with Crippen molar-refractivity contribution in [3.8, 4) is 0 Å². The second kappa shape index (κ2) is 5.18. The van der Waals surface area contributed by atoms with Crippen LogP contribution in [0.15, 0.2) is 5.38 Å². The fourth-order valence-corrected chi connectivity index (χ4v) is 5.10. The summed E-state index contributed by atoms with van der Waals surface area (Å²) in [5.74, 6) is 0. The smallest absolute Gasteiger partial charge is 0.377 e. The summed E-state index contributed by atoms with van der Waals surface area (Å²) in [6.45, 7) is 2.33. The molecule has 0 bridgehead atoms. The Hall–Kier alpha value is -0.660. The number of alkyl halides is 3. The molecular weight excluding hydrogens is 313 g/mol. The molecule has 0 radical (unpaired) electrons. The first-order valence-electron chi connectivity index (χ1n) is 7.85. The number of aromatic nitrogens is 1. The Kier molecular flexibility index (Phi) is 3.51. The number of hydrogen-bond donors (Lipinski definition) is 0. The predicted octanol–water partition coefficient (Wildman–Crippen LogP) is 3.70. The van der Waals surface area contributed by atoms with Crippen LogP contribution in [-0.2, 0) is 17.5 Å². The van der Waals surface area contributed by atoms with Gasteiger partial charge in [-0.2, -0.15) is 13.2 Å². The molecule has 122 valence electrons. The molecule has 1 aromatic heterocycles. The molecule has 0 aromatic carbocycles. The Morgan fingerprint density at radius 1 is 1.36 bits per heavy atom. The summed E-state index contributed by atoms with van der Waals surface area (Å²) in [6, 6.07) is 0.377. The standard InChI is InChI=1S/C15H19F3N2OS/c16-15(17,18)11-8-22-12(19-11)7-20-9-14(4-2-5-14)13(20)10-3-1-6-21-10/h8,10,13H,1-7,9H2. The summed E-state index contributed by atoms with van der Waals surface area (Å²) in [5, 5.41) is 1.68. The van der Waals surface area contributed by atoms with Crippen molar-refractivity contribution in [3.05, 3.63) is 16.1 Å². The molecule has 0 amide bonds. The monoisotopic (exact) mass is 332 g/mol. The number of thiazole rings is 1. The molecule has 2 saturated heterocycles. The van der Waals surface area contributed by atoms with Crippen molar-refractivity contribution in [1.82, 2.24) is 9.88 Å². The molecule has 1 aromatic rings. The molecule has 3 aliphatic rings. The third kappa shape index (κ3) is 2.37. The summed E-state index contributed by atoms with van der Waals surface area (Å²) in [5.41, 5.74) is -0.390. The first kappa shape index (κ1) is 14.9. The molecule has 1 saturated carbocycles. The average molecular weight is 332 g/mol. The van der Waals surface area contributed by atoms with Crippen molar-refractivity contribution >= 4 is 11.3 Å². The SMILES string of the molecule is FC(F)(F)c1csc(CN2CC3(CCC3)C2C2CCCO2)n1. The predicted molar refractivity (Wildman–Crippen MR) is 76.6 cm³/mol. The highest BCUT2D eigenvalue weighted by molar-refractivity contribution is 7.09. The minimum absolute atomic E-state index is 0.260. The number of nitrogens with zero attached hydrogens (tertiary/aromatic N) is 2. The average Bonchev–Trinajstić information content (AvgIpc) is 3.01. The highest BCUT2D eigenvalue weighted by Gasteiger charge is 2.58. The Morgan fingerprint density at radius 3 is 2.73 bits per heavy atom. The van der Waals surface area contributed by atoms with Gasteiger partial charge in [-0.05, 0) is 25.7 Å². The molecule has 4 rings (SSSR count). The number of rotatable bonds is 3. The molecule has 2 atom stereocenters. The third-order valence-corrected chi connectivity index (χ3v) is 6.22. The lowest BCUT2D eigenvalue weighted by atomic mass is 9.56. The van der Waals surface area contributed by atoms with Gasteiger partial charge >= 0.3 is 6.18 Å². The van der Waals surface area contributed by atoms with Crippen LogP contribution in [0.25, 0.3) is 0 Å². The lowest BCUT2D eigenvalue weighted by Gasteiger charge is -2.64. The normalized spacial score (nSPS) is 31.2. The molecule has 2 unspecified atom stereocenters. The highest BCUT2D eigenvalue weighted by atomic mass is 32.1. The van der Waals surface area contributed by atoms with Gasteiger partial charge in [0.05, 0.1) is 12.6 Å². The Balaban J connectivity index is 1.47. The molecule has 1 aliphatic carbocycles. The molecule has 7 heteroatoms. The van der Waals surface area contributed by atoms with E-state index < -0.39 is 11.9 Å². The zero-order valence-electron chi connectivity index (χ0n) is 12.2. The van der Waals surface area contributed by atoms with Crippen LogP contribution in [0.1, 0.15) is 42.8 Å². The van der Waals surface area contributed by atoms with E-state index in [1.54, 1.807) is 0 Å². The van der Waals surface area contributed by atoms with Crippen molar-refractivity contribution in [3.63, 3.8) is 0 Å². The molecule has 3 fully saturated rings. The van der Waals surface area contributed by atoms with Gasteiger partial charge in [0.1, 0.15) is 5.01 Å². The van der Waals surface area contributed by atoms with Crippen LogP contribution in [0, 0.1) is 5.41 Å². The van der Waals surface area contributed by atoms with Crippen molar-refractivity contribution in [2.75, 3.05) is 13.2 Å². The van der Waals surface area contributed by atoms with Gasteiger partial charge in [0, 0.05) is 30.0 Å². The van der Waals surface area contributed by atoms with Crippen LogP contribution in [0.3, 0.4) is 0 Å². The maximum Gasteiger partial charge on any atom is 0.434 e. The number of halogens is 3. The summed E-state index contributed by atoms with van der Waals surface area (Å²) < 4.78 is 43.8. The quantitative estimate of drug-likeness (QED) is 0.844. The molecule has 3 heterocycles. The van der Waals surface area contributed by atoms with Crippen LogP contribution in [0.4, 0.5) is 13.2 Å². The first-order valence-corrected chi connectivity index (χ1v) is 8.73. The maximum absolute atomic E-state index is 12.7. The Bertz CT molecular complexity index is 549. The highest BCUT2D eigenvalue weighted by Crippen LogP contribution is 2.56. The van der Waals surface area contributed by atoms with E-state index in [1.165, 1.54) is 19.3 Å². The van der Waals surface area contributed by atoms with Gasteiger partial charge in [0.25, 0.3) is 0 Å². The Morgan fingerprint density at radius 2 is 2.18 bits per heavy atom. The first-order chi connectivity index (χ1) is 10.5. The zero-order valence-corrected chi connectivity index (χ0v) is 13.1. The minimum atomic E-state index is -4.34. The number of likely N-dealkylation sites (tertiary alicyclic amines) is 1. The fourth-order valence-electron chi connectivity index (χ4n) is 4.28. The van der Waals surface area contributed by atoms with Gasteiger partial charge in [-0.15, -0.1) is 11.3 Å². The molecular formula is C15H19F3N2OS. The molecule has 3 nitrogen and oxygen atoms in total. The number of ether oxygens (including phenoxy) is 1. The minimum Gasteiger partial charge on any atom is -0.377 e. The zero-order chi connectivity index (χ0) is 15.4. The van der Waals surface area contributed by atoms with Gasteiger partial charge in [0.15, 0.2) is 5.69 Å². The summed E-state index contributed by atoms with van der Waals surface area (Å²) in [4.78, 5) is 6.05. The summed E-state index contributed by atoms with van der Waals surface area (Å²) in [7, 11) is 0. The second-order valence-electron chi connectivity index (χ2n) is 6.74. The topological polar surface area (TPSA) is 25.4 Å². The van der Waals surface area contributed by atoms with Crippen LogP contribution < -0.4 is 0 Å². The second-order valence-corrected chi connectivity index (χ2v) is 7.68. The van der Waals surface area contributed by atoms with Gasteiger partial charge in [-0.1, -0.05) is 6.42 Å². The van der Waals surface area contributed by atoms with Crippen molar-refractivity contribution in [2.24, 2.45) is 5.41 Å². The van der Waals surface area contributed by atoms with Crippen molar-refractivity contribution in [2.45, 2.75) is 57.0 Å². The van der Waals surface area contributed by atoms with Gasteiger partial charge < -0.3 is 4.74 Å². The van der Waals surface area contributed by atoms with E-state index in [-0.39, 0.29) is 6.10 Å².